The number of aromatic nitrogens is 2. The first-order chi connectivity index (χ1) is 11.3. The van der Waals surface area contributed by atoms with Crippen LogP contribution >= 0.6 is 0 Å². The third-order valence-electron chi connectivity index (χ3n) is 3.96. The number of para-hydroxylation sites is 3. The molecule has 0 fully saturated rings. The Bertz CT molecular complexity index is 930. The third kappa shape index (κ3) is 2.41. The molecule has 23 heavy (non-hydrogen) atoms. The van der Waals surface area contributed by atoms with E-state index in [1.165, 1.54) is 0 Å². The highest BCUT2D eigenvalue weighted by molar-refractivity contribution is 5.78. The molecule has 112 valence electrons. The summed E-state index contributed by atoms with van der Waals surface area (Å²) in [5.41, 5.74) is 3.69. The molecule has 0 saturated heterocycles. The maximum Gasteiger partial charge on any atom is 0.148 e. The van der Waals surface area contributed by atoms with Crippen LogP contribution in [0.5, 0.6) is 0 Å². The molecule has 3 aromatic carbocycles. The van der Waals surface area contributed by atoms with Gasteiger partial charge >= 0.3 is 0 Å². The molecule has 1 aromatic heterocycles. The quantitative estimate of drug-likeness (QED) is 0.618. The fourth-order valence-electron chi connectivity index (χ4n) is 2.86. The number of imidazole rings is 1. The highest BCUT2D eigenvalue weighted by atomic mass is 16.3. The maximum absolute atomic E-state index is 10.9. The minimum atomic E-state index is -0.774. The summed E-state index contributed by atoms with van der Waals surface area (Å²) < 4.78 is 2.02. The molecule has 1 unspecified atom stereocenters. The van der Waals surface area contributed by atoms with Gasteiger partial charge in [0, 0.05) is 5.69 Å². The molecule has 0 aliphatic carbocycles. The SMILES string of the molecule is OC(c1ccccc1)c1nc2ccccc2n1-c1ccccc1. The lowest BCUT2D eigenvalue weighted by molar-refractivity contribution is 0.208. The second kappa shape index (κ2) is 5.71. The zero-order chi connectivity index (χ0) is 15.6. The predicted octanol–water partition coefficient (Wildman–Crippen LogP) is 4.11. The van der Waals surface area contributed by atoms with Crippen molar-refractivity contribution in [1.82, 2.24) is 9.55 Å². The van der Waals surface area contributed by atoms with Gasteiger partial charge in [-0.3, -0.25) is 4.57 Å². The summed E-state index contributed by atoms with van der Waals surface area (Å²) >= 11 is 0. The fourth-order valence-corrected chi connectivity index (χ4v) is 2.86. The first-order valence-electron chi connectivity index (χ1n) is 7.60. The van der Waals surface area contributed by atoms with Gasteiger partial charge < -0.3 is 5.11 Å². The van der Waals surface area contributed by atoms with Crippen LogP contribution in [-0.4, -0.2) is 14.7 Å². The molecule has 1 N–H and O–H groups in total. The smallest absolute Gasteiger partial charge is 0.148 e. The molecule has 0 radical (unpaired) electrons. The fraction of sp³-hybridized carbons (Fsp3) is 0.0500. The average molecular weight is 300 g/mol. The Labute approximate surface area is 134 Å². The molecule has 0 aliphatic rings. The number of benzene rings is 3. The van der Waals surface area contributed by atoms with Crippen LogP contribution in [0.4, 0.5) is 0 Å². The Morgan fingerprint density at radius 1 is 0.739 bits per heavy atom. The summed E-state index contributed by atoms with van der Waals surface area (Å²) in [5, 5.41) is 10.9. The van der Waals surface area contributed by atoms with E-state index in [2.05, 4.69) is 4.98 Å². The van der Waals surface area contributed by atoms with Crippen molar-refractivity contribution in [1.29, 1.82) is 0 Å². The van der Waals surface area contributed by atoms with Gasteiger partial charge in [-0.25, -0.2) is 4.98 Å². The largest absolute Gasteiger partial charge is 0.380 e. The van der Waals surface area contributed by atoms with Crippen LogP contribution in [-0.2, 0) is 0 Å². The number of hydrogen-bond donors (Lipinski definition) is 1. The second-order valence-corrected chi connectivity index (χ2v) is 5.44. The highest BCUT2D eigenvalue weighted by Crippen LogP contribution is 2.28. The Morgan fingerprint density at radius 2 is 1.35 bits per heavy atom. The molecule has 0 spiro atoms. The molecule has 0 aliphatic heterocycles. The maximum atomic E-state index is 10.9. The van der Waals surface area contributed by atoms with E-state index in [9.17, 15) is 5.11 Å². The molecule has 3 heteroatoms. The van der Waals surface area contributed by atoms with Crippen LogP contribution in [0, 0.1) is 0 Å². The van der Waals surface area contributed by atoms with Crippen LogP contribution in [0.15, 0.2) is 84.9 Å². The molecular formula is C20H16N2O. The molecule has 4 aromatic rings. The Hall–Kier alpha value is -2.91. The first kappa shape index (κ1) is 13.7. The summed E-state index contributed by atoms with van der Waals surface area (Å²) in [5.74, 6) is 0.628. The van der Waals surface area contributed by atoms with Crippen LogP contribution < -0.4 is 0 Å². The van der Waals surface area contributed by atoms with Crippen molar-refractivity contribution in [2.45, 2.75) is 6.10 Å². The van der Waals surface area contributed by atoms with E-state index in [1.54, 1.807) is 0 Å². The van der Waals surface area contributed by atoms with E-state index in [0.717, 1.165) is 22.3 Å². The van der Waals surface area contributed by atoms with Crippen molar-refractivity contribution in [2.24, 2.45) is 0 Å². The van der Waals surface area contributed by atoms with Crippen LogP contribution in [0.1, 0.15) is 17.5 Å². The van der Waals surface area contributed by atoms with E-state index in [0.29, 0.717) is 5.82 Å². The van der Waals surface area contributed by atoms with Crippen molar-refractivity contribution in [3.63, 3.8) is 0 Å². The number of rotatable bonds is 3. The lowest BCUT2D eigenvalue weighted by Crippen LogP contribution is -2.08. The monoisotopic (exact) mass is 300 g/mol. The Balaban J connectivity index is 1.96. The molecule has 4 rings (SSSR count). The van der Waals surface area contributed by atoms with Crippen molar-refractivity contribution in [3.05, 3.63) is 96.3 Å². The van der Waals surface area contributed by atoms with Gasteiger partial charge in [0.05, 0.1) is 11.0 Å². The van der Waals surface area contributed by atoms with Crippen molar-refractivity contribution in [3.8, 4) is 5.69 Å². The second-order valence-electron chi connectivity index (χ2n) is 5.44. The Kier molecular flexibility index (Phi) is 3.41. The summed E-state index contributed by atoms with van der Waals surface area (Å²) in [7, 11) is 0. The topological polar surface area (TPSA) is 38.1 Å². The summed E-state index contributed by atoms with van der Waals surface area (Å²) in [6.45, 7) is 0. The summed E-state index contributed by atoms with van der Waals surface area (Å²) in [6, 6.07) is 27.6. The van der Waals surface area contributed by atoms with Gasteiger partial charge in [-0.05, 0) is 29.8 Å². The van der Waals surface area contributed by atoms with E-state index in [-0.39, 0.29) is 0 Å². The van der Waals surface area contributed by atoms with Crippen molar-refractivity contribution < 1.29 is 5.11 Å². The van der Waals surface area contributed by atoms with Gasteiger partial charge in [-0.1, -0.05) is 60.7 Å². The zero-order valence-corrected chi connectivity index (χ0v) is 12.5. The van der Waals surface area contributed by atoms with Crippen LogP contribution in [0.3, 0.4) is 0 Å². The first-order valence-corrected chi connectivity index (χ1v) is 7.60. The van der Waals surface area contributed by atoms with E-state index < -0.39 is 6.10 Å². The summed E-state index contributed by atoms with van der Waals surface area (Å²) in [4.78, 5) is 4.68. The third-order valence-corrected chi connectivity index (χ3v) is 3.96. The van der Waals surface area contributed by atoms with E-state index in [1.807, 2.05) is 89.5 Å². The van der Waals surface area contributed by atoms with Gasteiger partial charge in [0.15, 0.2) is 0 Å². The highest BCUT2D eigenvalue weighted by Gasteiger charge is 2.20. The molecule has 3 nitrogen and oxygen atoms in total. The zero-order valence-electron chi connectivity index (χ0n) is 12.5. The number of nitrogens with zero attached hydrogens (tertiary/aromatic N) is 2. The predicted molar refractivity (Wildman–Crippen MR) is 91.6 cm³/mol. The molecule has 1 heterocycles. The molecule has 0 saturated carbocycles. The molecule has 0 bridgehead atoms. The standard InChI is InChI=1S/C20H16N2O/c23-19(15-9-3-1-4-10-15)20-21-17-13-7-8-14-18(17)22(20)16-11-5-2-6-12-16/h1-14,19,23H. The lowest BCUT2D eigenvalue weighted by atomic mass is 10.1. The molecule has 0 amide bonds. The van der Waals surface area contributed by atoms with E-state index >= 15 is 0 Å². The normalized spacial score (nSPS) is 12.4. The van der Waals surface area contributed by atoms with Crippen molar-refractivity contribution >= 4 is 11.0 Å². The number of fused-ring (bicyclic) bond motifs is 1. The van der Waals surface area contributed by atoms with Crippen LogP contribution in [0.25, 0.3) is 16.7 Å². The van der Waals surface area contributed by atoms with Gasteiger partial charge in [0.2, 0.25) is 0 Å². The van der Waals surface area contributed by atoms with E-state index in [4.69, 9.17) is 0 Å². The molecule has 1 atom stereocenters. The van der Waals surface area contributed by atoms with Crippen LogP contribution in [0.2, 0.25) is 0 Å². The van der Waals surface area contributed by atoms with Gasteiger partial charge in [-0.15, -0.1) is 0 Å². The Morgan fingerprint density at radius 3 is 2.09 bits per heavy atom. The number of hydrogen-bond acceptors (Lipinski definition) is 2. The summed E-state index contributed by atoms with van der Waals surface area (Å²) in [6.07, 6.45) is -0.774. The average Bonchev–Trinajstić information content (AvgIpc) is 3.02. The minimum absolute atomic E-state index is 0.628. The van der Waals surface area contributed by atoms with Gasteiger partial charge in [0.1, 0.15) is 11.9 Å². The molecular weight excluding hydrogens is 284 g/mol. The minimum Gasteiger partial charge on any atom is -0.380 e. The van der Waals surface area contributed by atoms with Gasteiger partial charge in [0.25, 0.3) is 0 Å². The van der Waals surface area contributed by atoms with Crippen molar-refractivity contribution in [2.75, 3.05) is 0 Å². The lowest BCUT2D eigenvalue weighted by Gasteiger charge is -2.14. The number of aliphatic hydroxyl groups excluding tert-OH is 1. The van der Waals surface area contributed by atoms with Gasteiger partial charge in [-0.2, -0.15) is 0 Å². The number of aliphatic hydroxyl groups is 1.